The second-order valence-electron chi connectivity index (χ2n) is 6.36. The molecule has 0 amide bonds. The Morgan fingerprint density at radius 3 is 2.73 bits per heavy atom. The Labute approximate surface area is 153 Å². The van der Waals surface area contributed by atoms with Gasteiger partial charge >= 0.3 is 6.18 Å². The largest absolute Gasteiger partial charge is 0.415 e. The normalized spacial score (nSPS) is 26.5. The maximum atomic E-state index is 13.6. The Balaban J connectivity index is 1.88. The summed E-state index contributed by atoms with van der Waals surface area (Å²) in [6.07, 6.45) is -1.12. The first-order valence-corrected chi connectivity index (χ1v) is 8.65. The van der Waals surface area contributed by atoms with E-state index >= 15 is 0 Å². The van der Waals surface area contributed by atoms with Crippen molar-refractivity contribution in [2.45, 2.75) is 30.3 Å². The third kappa shape index (κ3) is 4.01. The van der Waals surface area contributed by atoms with E-state index in [4.69, 9.17) is 16.3 Å². The minimum absolute atomic E-state index is 0.153. The molecule has 3 heterocycles. The van der Waals surface area contributed by atoms with Crippen LogP contribution in [0.3, 0.4) is 0 Å². The van der Waals surface area contributed by atoms with Crippen LogP contribution in [-0.4, -0.2) is 41.6 Å². The van der Waals surface area contributed by atoms with Crippen LogP contribution in [0.25, 0.3) is 5.70 Å². The molecule has 26 heavy (non-hydrogen) atoms. The van der Waals surface area contributed by atoms with Gasteiger partial charge in [0.2, 0.25) is 5.95 Å². The van der Waals surface area contributed by atoms with Crippen molar-refractivity contribution < 1.29 is 22.3 Å². The molecule has 1 atom stereocenters. The van der Waals surface area contributed by atoms with Gasteiger partial charge in [0.05, 0.1) is 0 Å². The van der Waals surface area contributed by atoms with Gasteiger partial charge in [-0.1, -0.05) is 6.08 Å². The summed E-state index contributed by atoms with van der Waals surface area (Å²) in [7, 11) is 0. The number of halogens is 5. The lowest BCUT2D eigenvalue weighted by Crippen LogP contribution is -2.54. The smallest absolute Gasteiger partial charge is 0.381 e. The first kappa shape index (κ1) is 19.1. The van der Waals surface area contributed by atoms with Crippen molar-refractivity contribution in [1.29, 1.82) is 0 Å². The molecule has 0 bridgehead atoms. The number of alkyl halides is 4. The average Bonchev–Trinajstić information content (AvgIpc) is 2.61. The quantitative estimate of drug-likeness (QED) is 0.482. The lowest BCUT2D eigenvalue weighted by molar-refractivity contribution is -0.145. The summed E-state index contributed by atoms with van der Waals surface area (Å²) in [6, 6.07) is 2.65. The number of pyridine rings is 1. The first-order chi connectivity index (χ1) is 12.3. The Morgan fingerprint density at radius 1 is 1.35 bits per heavy atom. The zero-order valence-electron chi connectivity index (χ0n) is 13.8. The fourth-order valence-electron chi connectivity index (χ4n) is 2.94. The third-order valence-corrected chi connectivity index (χ3v) is 5.10. The Morgan fingerprint density at radius 2 is 2.08 bits per heavy atom. The molecule has 142 valence electrons. The van der Waals surface area contributed by atoms with Gasteiger partial charge in [0.25, 0.3) is 0 Å². The van der Waals surface area contributed by atoms with Crippen LogP contribution in [-0.2, 0) is 4.74 Å². The summed E-state index contributed by atoms with van der Waals surface area (Å²) in [5, 5.41) is 2.67. The topological polar surface area (TPSA) is 46.5 Å². The molecular formula is C17H18ClF4N3O. The van der Waals surface area contributed by atoms with Crippen molar-refractivity contribution in [2.75, 3.05) is 19.8 Å². The number of nitrogens with zero attached hydrogens (tertiary/aromatic N) is 2. The van der Waals surface area contributed by atoms with E-state index < -0.39 is 23.4 Å². The van der Waals surface area contributed by atoms with E-state index in [9.17, 15) is 17.6 Å². The van der Waals surface area contributed by atoms with E-state index in [1.165, 1.54) is 18.3 Å². The zero-order valence-corrected chi connectivity index (χ0v) is 14.6. The highest BCUT2D eigenvalue weighted by molar-refractivity contribution is 6.37. The number of nitrogens with one attached hydrogen (secondary N) is 1. The molecule has 0 saturated carbocycles. The summed E-state index contributed by atoms with van der Waals surface area (Å²) in [5.41, 5.74) is 0.717. The highest BCUT2D eigenvalue weighted by atomic mass is 35.5. The number of aromatic nitrogens is 1. The molecule has 2 aliphatic heterocycles. The standard InChI is InChI=1S/C17H18ClF4N3O/c18-16(17(20,21)22)5-1-13(12-2-6-23-14(19)9-12)25-15(16)24-10-11-3-7-26-8-4-11/h1-2,6,9,11H,3-5,7-8,10H2,(H,24,25). The average molecular weight is 392 g/mol. The van der Waals surface area contributed by atoms with Crippen LogP contribution < -0.4 is 5.32 Å². The van der Waals surface area contributed by atoms with Gasteiger partial charge in [-0.3, -0.25) is 4.99 Å². The zero-order chi connectivity index (χ0) is 18.8. The molecule has 4 nitrogen and oxygen atoms in total. The van der Waals surface area contributed by atoms with E-state index in [2.05, 4.69) is 15.3 Å². The summed E-state index contributed by atoms with van der Waals surface area (Å²) < 4.78 is 59.3. The fourth-order valence-corrected chi connectivity index (χ4v) is 3.13. The van der Waals surface area contributed by atoms with Crippen LogP contribution in [0.15, 0.2) is 29.4 Å². The van der Waals surface area contributed by atoms with Gasteiger partial charge in [-0.15, -0.1) is 11.6 Å². The number of hydrogen-bond donors (Lipinski definition) is 1. The van der Waals surface area contributed by atoms with E-state index in [1.54, 1.807) is 0 Å². The number of rotatable bonds is 3. The number of allylic oxidation sites excluding steroid dienone is 1. The molecule has 2 aliphatic rings. The second-order valence-corrected chi connectivity index (χ2v) is 7.00. The molecule has 3 rings (SSSR count). The number of aliphatic imine (C=N–C) groups is 1. The predicted octanol–water partition coefficient (Wildman–Crippen LogP) is 3.92. The van der Waals surface area contributed by atoms with Gasteiger partial charge in [0, 0.05) is 49.7 Å². The summed E-state index contributed by atoms with van der Waals surface area (Å²) in [6.45, 7) is 1.39. The number of hydrogen-bond acceptors (Lipinski definition) is 3. The molecular weight excluding hydrogens is 374 g/mol. The molecule has 0 aromatic carbocycles. The molecule has 1 unspecified atom stereocenters. The van der Waals surface area contributed by atoms with Crippen molar-refractivity contribution >= 4 is 23.1 Å². The van der Waals surface area contributed by atoms with Gasteiger partial charge in [-0.25, -0.2) is 4.98 Å². The molecule has 1 fully saturated rings. The van der Waals surface area contributed by atoms with Gasteiger partial charge in [0.15, 0.2) is 4.87 Å². The minimum atomic E-state index is -4.68. The van der Waals surface area contributed by atoms with Crippen molar-refractivity contribution in [1.82, 2.24) is 10.3 Å². The molecule has 1 N–H and O–H groups in total. The van der Waals surface area contributed by atoms with E-state index in [0.717, 1.165) is 18.9 Å². The van der Waals surface area contributed by atoms with Gasteiger partial charge in [0.1, 0.15) is 5.84 Å². The Kier molecular flexibility index (Phi) is 5.53. The Hall–Kier alpha value is -1.67. The summed E-state index contributed by atoms with van der Waals surface area (Å²) in [5.74, 6) is -0.919. The molecule has 1 saturated heterocycles. The SMILES string of the molecule is Fc1cc(C2=CCC(Cl)(C(F)(F)F)C(=NCC3CCOCC3)N2)ccn1. The van der Waals surface area contributed by atoms with Crippen molar-refractivity contribution in [3.8, 4) is 0 Å². The van der Waals surface area contributed by atoms with E-state index in [-0.39, 0.29) is 18.3 Å². The second kappa shape index (κ2) is 7.52. The van der Waals surface area contributed by atoms with Crippen LogP contribution in [0.5, 0.6) is 0 Å². The van der Waals surface area contributed by atoms with Crippen molar-refractivity contribution in [3.63, 3.8) is 0 Å². The fraction of sp³-hybridized carbons (Fsp3) is 0.529. The van der Waals surface area contributed by atoms with Crippen LogP contribution in [0.4, 0.5) is 17.6 Å². The monoisotopic (exact) mass is 391 g/mol. The molecule has 0 radical (unpaired) electrons. The molecule has 0 spiro atoms. The maximum Gasteiger partial charge on any atom is 0.415 e. The van der Waals surface area contributed by atoms with Crippen LogP contribution >= 0.6 is 11.6 Å². The van der Waals surface area contributed by atoms with Crippen LogP contribution in [0.1, 0.15) is 24.8 Å². The lowest BCUT2D eigenvalue weighted by atomic mass is 9.95. The van der Waals surface area contributed by atoms with E-state index in [0.29, 0.717) is 24.5 Å². The molecule has 1 aromatic heterocycles. The molecule has 9 heteroatoms. The maximum absolute atomic E-state index is 13.6. The highest BCUT2D eigenvalue weighted by Crippen LogP contribution is 2.43. The van der Waals surface area contributed by atoms with Gasteiger partial charge in [-0.05, 0) is 24.8 Å². The van der Waals surface area contributed by atoms with Gasteiger partial charge in [-0.2, -0.15) is 17.6 Å². The molecule has 0 aliphatic carbocycles. The van der Waals surface area contributed by atoms with Crippen LogP contribution in [0.2, 0.25) is 0 Å². The predicted molar refractivity (Wildman–Crippen MR) is 90.4 cm³/mol. The summed E-state index contributed by atoms with van der Waals surface area (Å²) in [4.78, 5) is 5.00. The van der Waals surface area contributed by atoms with E-state index in [1.807, 2.05) is 0 Å². The lowest BCUT2D eigenvalue weighted by Gasteiger charge is -2.35. The third-order valence-electron chi connectivity index (χ3n) is 4.55. The number of amidine groups is 1. The van der Waals surface area contributed by atoms with Crippen molar-refractivity contribution in [2.24, 2.45) is 10.9 Å². The molecule has 1 aromatic rings. The number of ether oxygens (including phenoxy) is 1. The van der Waals surface area contributed by atoms with Gasteiger partial charge < -0.3 is 10.1 Å². The first-order valence-electron chi connectivity index (χ1n) is 8.27. The minimum Gasteiger partial charge on any atom is -0.381 e. The van der Waals surface area contributed by atoms with Crippen molar-refractivity contribution in [3.05, 3.63) is 35.9 Å². The highest BCUT2D eigenvalue weighted by Gasteiger charge is 2.58. The summed E-state index contributed by atoms with van der Waals surface area (Å²) >= 11 is 5.94. The Bertz CT molecular complexity index is 716. The van der Waals surface area contributed by atoms with Crippen LogP contribution in [0, 0.1) is 11.9 Å².